The van der Waals surface area contributed by atoms with E-state index in [4.69, 9.17) is 0 Å². The Morgan fingerprint density at radius 2 is 2.06 bits per heavy atom. The zero-order valence-corrected chi connectivity index (χ0v) is 10.8. The minimum Gasteiger partial charge on any atom is -0.468 e. The zero-order chi connectivity index (χ0) is 13.5. The number of aryl methyl sites for hydroxylation is 1. The SMILES string of the molecule is CCCN(CC(=O)OC)C(=O)c1cnc(C)cn1. The van der Waals surface area contributed by atoms with Crippen LogP contribution in [0.15, 0.2) is 12.4 Å². The average Bonchev–Trinajstić information content (AvgIpc) is 2.38. The van der Waals surface area contributed by atoms with Gasteiger partial charge in [0.15, 0.2) is 0 Å². The Morgan fingerprint density at radius 1 is 1.33 bits per heavy atom. The van der Waals surface area contributed by atoms with Crippen LogP contribution in [0.5, 0.6) is 0 Å². The lowest BCUT2D eigenvalue weighted by atomic mass is 10.3. The minimum absolute atomic E-state index is 0.0707. The standard InChI is InChI=1S/C12H17N3O3/c1-4-5-15(8-11(16)18-3)12(17)10-7-13-9(2)6-14-10/h6-7H,4-5,8H2,1-3H3. The van der Waals surface area contributed by atoms with E-state index in [0.29, 0.717) is 6.54 Å². The Labute approximate surface area is 106 Å². The molecular formula is C12H17N3O3. The predicted octanol–water partition coefficient (Wildman–Crippen LogP) is 0.810. The number of esters is 1. The molecule has 1 amide bonds. The van der Waals surface area contributed by atoms with E-state index in [1.54, 1.807) is 6.92 Å². The first-order valence-corrected chi connectivity index (χ1v) is 5.73. The van der Waals surface area contributed by atoms with Crippen molar-refractivity contribution < 1.29 is 14.3 Å². The van der Waals surface area contributed by atoms with E-state index in [9.17, 15) is 9.59 Å². The molecule has 0 spiro atoms. The molecule has 18 heavy (non-hydrogen) atoms. The summed E-state index contributed by atoms with van der Waals surface area (Å²) in [4.78, 5) is 32.8. The van der Waals surface area contributed by atoms with Gasteiger partial charge >= 0.3 is 5.97 Å². The molecule has 1 aromatic rings. The van der Waals surface area contributed by atoms with Gasteiger partial charge in [0.1, 0.15) is 12.2 Å². The Hall–Kier alpha value is -1.98. The molecule has 1 heterocycles. The second kappa shape index (κ2) is 6.68. The predicted molar refractivity (Wildman–Crippen MR) is 65.0 cm³/mol. The van der Waals surface area contributed by atoms with Gasteiger partial charge in [-0.15, -0.1) is 0 Å². The molecule has 0 N–H and O–H groups in total. The van der Waals surface area contributed by atoms with Crippen LogP contribution in [0.2, 0.25) is 0 Å². The van der Waals surface area contributed by atoms with Crippen molar-refractivity contribution >= 4 is 11.9 Å². The number of hydrogen-bond acceptors (Lipinski definition) is 5. The van der Waals surface area contributed by atoms with Crippen molar-refractivity contribution in [1.82, 2.24) is 14.9 Å². The number of amides is 1. The van der Waals surface area contributed by atoms with Crippen molar-refractivity contribution in [2.24, 2.45) is 0 Å². The van der Waals surface area contributed by atoms with Gasteiger partial charge in [-0.05, 0) is 13.3 Å². The molecule has 0 saturated heterocycles. The van der Waals surface area contributed by atoms with Gasteiger partial charge in [-0.1, -0.05) is 6.92 Å². The third-order valence-corrected chi connectivity index (χ3v) is 2.33. The van der Waals surface area contributed by atoms with Crippen molar-refractivity contribution in [2.45, 2.75) is 20.3 Å². The van der Waals surface area contributed by atoms with Gasteiger partial charge in [-0.3, -0.25) is 14.6 Å². The maximum absolute atomic E-state index is 12.1. The molecule has 0 atom stereocenters. The van der Waals surface area contributed by atoms with Gasteiger partial charge in [0.05, 0.1) is 19.0 Å². The van der Waals surface area contributed by atoms with Crippen LogP contribution in [0.1, 0.15) is 29.5 Å². The quantitative estimate of drug-likeness (QED) is 0.724. The lowest BCUT2D eigenvalue weighted by Crippen LogP contribution is -2.37. The molecule has 0 radical (unpaired) electrons. The Bertz CT molecular complexity index is 417. The monoisotopic (exact) mass is 251 g/mol. The number of aromatic nitrogens is 2. The molecule has 0 aliphatic heterocycles. The normalized spacial score (nSPS) is 9.94. The topological polar surface area (TPSA) is 72.4 Å². The Kier molecular flexibility index (Phi) is 5.23. The van der Waals surface area contributed by atoms with E-state index in [1.807, 2.05) is 6.92 Å². The van der Waals surface area contributed by atoms with Crippen LogP contribution in [0, 0.1) is 6.92 Å². The minimum atomic E-state index is -0.447. The highest BCUT2D eigenvalue weighted by Gasteiger charge is 2.19. The van der Waals surface area contributed by atoms with E-state index >= 15 is 0 Å². The summed E-state index contributed by atoms with van der Waals surface area (Å²) in [7, 11) is 1.29. The van der Waals surface area contributed by atoms with Crippen LogP contribution < -0.4 is 0 Å². The van der Waals surface area contributed by atoms with Crippen LogP contribution in [0.3, 0.4) is 0 Å². The first-order chi connectivity index (χ1) is 8.58. The molecule has 1 rings (SSSR count). The fraction of sp³-hybridized carbons (Fsp3) is 0.500. The van der Waals surface area contributed by atoms with Crippen molar-refractivity contribution in [3.8, 4) is 0 Å². The summed E-state index contributed by atoms with van der Waals surface area (Å²) in [5.41, 5.74) is 0.972. The molecule has 0 aliphatic rings. The fourth-order valence-corrected chi connectivity index (χ4v) is 1.41. The van der Waals surface area contributed by atoms with Crippen LogP contribution in [0.25, 0.3) is 0 Å². The Morgan fingerprint density at radius 3 is 2.56 bits per heavy atom. The van der Waals surface area contributed by atoms with Crippen LogP contribution in [-0.4, -0.2) is 46.9 Å². The molecule has 1 aromatic heterocycles. The summed E-state index contributed by atoms with van der Waals surface area (Å²) in [6.45, 7) is 4.13. The first kappa shape index (κ1) is 14.1. The summed E-state index contributed by atoms with van der Waals surface area (Å²) in [5, 5.41) is 0. The molecule has 0 fully saturated rings. The number of hydrogen-bond donors (Lipinski definition) is 0. The molecule has 0 aromatic carbocycles. The van der Waals surface area contributed by atoms with E-state index < -0.39 is 5.97 Å². The number of ether oxygens (including phenoxy) is 1. The molecule has 6 heteroatoms. The first-order valence-electron chi connectivity index (χ1n) is 5.73. The van der Waals surface area contributed by atoms with Crippen molar-refractivity contribution in [2.75, 3.05) is 20.2 Å². The number of carbonyl (C=O) groups is 2. The summed E-state index contributed by atoms with van der Waals surface area (Å²) in [6.07, 6.45) is 3.69. The second-order valence-corrected chi connectivity index (χ2v) is 3.85. The number of rotatable bonds is 5. The van der Waals surface area contributed by atoms with Crippen molar-refractivity contribution in [3.05, 3.63) is 23.8 Å². The highest BCUT2D eigenvalue weighted by atomic mass is 16.5. The number of methoxy groups -OCH3 is 1. The maximum atomic E-state index is 12.1. The molecule has 0 aliphatic carbocycles. The summed E-state index contributed by atoms with van der Waals surface area (Å²) >= 11 is 0. The van der Waals surface area contributed by atoms with Gasteiger partial charge in [0, 0.05) is 12.7 Å². The molecule has 6 nitrogen and oxygen atoms in total. The lowest BCUT2D eigenvalue weighted by Gasteiger charge is -2.19. The summed E-state index contributed by atoms with van der Waals surface area (Å²) < 4.78 is 4.56. The maximum Gasteiger partial charge on any atom is 0.325 e. The van der Waals surface area contributed by atoms with Crippen LogP contribution in [0.4, 0.5) is 0 Å². The summed E-state index contributed by atoms with van der Waals surface area (Å²) in [5.74, 6) is -0.758. The fourth-order valence-electron chi connectivity index (χ4n) is 1.41. The molecule has 0 bridgehead atoms. The zero-order valence-electron chi connectivity index (χ0n) is 10.8. The second-order valence-electron chi connectivity index (χ2n) is 3.85. The van der Waals surface area contributed by atoms with Crippen molar-refractivity contribution in [1.29, 1.82) is 0 Å². The smallest absolute Gasteiger partial charge is 0.325 e. The highest BCUT2D eigenvalue weighted by molar-refractivity contribution is 5.94. The average molecular weight is 251 g/mol. The highest BCUT2D eigenvalue weighted by Crippen LogP contribution is 2.03. The van der Waals surface area contributed by atoms with Crippen LogP contribution in [-0.2, 0) is 9.53 Å². The molecule has 0 unspecified atom stereocenters. The molecule has 98 valence electrons. The van der Waals surface area contributed by atoms with Crippen LogP contribution >= 0.6 is 0 Å². The third kappa shape index (κ3) is 3.80. The van der Waals surface area contributed by atoms with E-state index in [2.05, 4.69) is 14.7 Å². The van der Waals surface area contributed by atoms with Gasteiger partial charge in [-0.2, -0.15) is 0 Å². The largest absolute Gasteiger partial charge is 0.468 e. The van der Waals surface area contributed by atoms with Crippen molar-refractivity contribution in [3.63, 3.8) is 0 Å². The van der Waals surface area contributed by atoms with Gasteiger partial charge in [0.25, 0.3) is 5.91 Å². The lowest BCUT2D eigenvalue weighted by molar-refractivity contribution is -0.141. The van der Waals surface area contributed by atoms with E-state index in [-0.39, 0.29) is 18.1 Å². The van der Waals surface area contributed by atoms with Gasteiger partial charge in [0.2, 0.25) is 0 Å². The third-order valence-electron chi connectivity index (χ3n) is 2.33. The summed E-state index contributed by atoms with van der Waals surface area (Å²) in [6, 6.07) is 0. The Balaban J connectivity index is 2.81. The van der Waals surface area contributed by atoms with Gasteiger partial charge < -0.3 is 9.64 Å². The van der Waals surface area contributed by atoms with E-state index in [0.717, 1.165) is 12.1 Å². The number of carbonyl (C=O) groups excluding carboxylic acids is 2. The molecular weight excluding hydrogens is 234 g/mol. The van der Waals surface area contributed by atoms with Gasteiger partial charge in [-0.25, -0.2) is 4.98 Å². The molecule has 0 saturated carbocycles. The van der Waals surface area contributed by atoms with E-state index in [1.165, 1.54) is 24.4 Å². The number of nitrogens with zero attached hydrogens (tertiary/aromatic N) is 3.